The number of aromatic nitrogens is 7. The summed E-state index contributed by atoms with van der Waals surface area (Å²) in [6.07, 6.45) is 7.89. The standard InChI is InChI=1S/C71H40N8O/c1-72-42-32-33-63-52(36-42)50-21-7-13-29-62(50)78(63)64-30-14-22-53-69(64)80-70-54(23-15-31-65(70)79-61-28-12-6-20-49(61)51-34-35-73-41-66(51)79)71(53)55-37-43(76-57-24-8-2-16-45(57)46-17-3-9-25-58(46)76)39-74-67(55)68-56(71)38-44(40-75-68)77-59-26-10-4-18-47(59)48-19-5-11-27-60(48)77/h2-41H. The van der Waals surface area contributed by atoms with E-state index >= 15 is 0 Å². The summed E-state index contributed by atoms with van der Waals surface area (Å²) in [6.45, 7) is 8.04. The molecule has 2 aliphatic rings. The summed E-state index contributed by atoms with van der Waals surface area (Å²) in [6, 6.07) is 77.7. The quantitative estimate of drug-likeness (QED) is 0.165. The van der Waals surface area contributed by atoms with Crippen LogP contribution < -0.4 is 4.74 Å². The first-order chi connectivity index (χ1) is 39.7. The van der Waals surface area contributed by atoms with Crippen LogP contribution in [0.3, 0.4) is 0 Å². The number of hydrogen-bond donors (Lipinski definition) is 0. The molecule has 0 saturated heterocycles. The van der Waals surface area contributed by atoms with Crippen molar-refractivity contribution in [1.82, 2.24) is 33.2 Å². The van der Waals surface area contributed by atoms with E-state index < -0.39 is 5.41 Å². The van der Waals surface area contributed by atoms with Crippen LogP contribution in [0.2, 0.25) is 0 Å². The molecule has 0 atom stereocenters. The molecule has 8 heterocycles. The van der Waals surface area contributed by atoms with Gasteiger partial charge in [-0.15, -0.1) is 0 Å². The second-order valence-electron chi connectivity index (χ2n) is 21.0. The van der Waals surface area contributed by atoms with Crippen molar-refractivity contribution in [2.24, 2.45) is 0 Å². The van der Waals surface area contributed by atoms with Crippen LogP contribution in [0.5, 0.6) is 11.5 Å². The lowest BCUT2D eigenvalue weighted by Gasteiger charge is -2.40. The van der Waals surface area contributed by atoms with Gasteiger partial charge in [0.25, 0.3) is 0 Å². The zero-order chi connectivity index (χ0) is 52.4. The first-order valence-electron chi connectivity index (χ1n) is 26.9. The lowest BCUT2D eigenvalue weighted by atomic mass is 9.66. The summed E-state index contributed by atoms with van der Waals surface area (Å²) in [5.41, 5.74) is 17.0. The summed E-state index contributed by atoms with van der Waals surface area (Å²) in [5, 5.41) is 8.95. The highest BCUT2D eigenvalue weighted by Gasteiger charge is 2.54. The van der Waals surface area contributed by atoms with E-state index in [1.54, 1.807) is 0 Å². The van der Waals surface area contributed by atoms with Crippen molar-refractivity contribution in [2.75, 3.05) is 0 Å². The lowest BCUT2D eigenvalue weighted by Crippen LogP contribution is -2.33. The van der Waals surface area contributed by atoms with Crippen molar-refractivity contribution >= 4 is 92.9 Å². The molecule has 9 nitrogen and oxygen atoms in total. The molecule has 9 aromatic carbocycles. The molecule has 1 aliphatic carbocycles. The Morgan fingerprint density at radius 1 is 0.350 bits per heavy atom. The van der Waals surface area contributed by atoms with Crippen LogP contribution in [0.1, 0.15) is 22.3 Å². The van der Waals surface area contributed by atoms with Gasteiger partial charge in [-0.3, -0.25) is 15.0 Å². The molecule has 0 N–H and O–H groups in total. The van der Waals surface area contributed by atoms with E-state index in [1.807, 2.05) is 36.9 Å². The minimum absolute atomic E-state index is 0.585. The van der Waals surface area contributed by atoms with Gasteiger partial charge in [-0.25, -0.2) is 4.85 Å². The van der Waals surface area contributed by atoms with Crippen molar-refractivity contribution in [3.05, 3.63) is 277 Å². The van der Waals surface area contributed by atoms with Crippen molar-refractivity contribution in [1.29, 1.82) is 0 Å². The number of pyridine rings is 3. The Hall–Kier alpha value is -11.1. The van der Waals surface area contributed by atoms with Gasteiger partial charge >= 0.3 is 0 Å². The SMILES string of the molecule is [C-]#[N+]c1ccc2c(c1)c1ccccc1n2-c1cccc2c1Oc1c(-n3c4ccccc4c4ccncc43)cccc1C21c2cc(-n3c4ccccc4c4ccccc43)cnc2-c2ncc(-n3c4ccccc4c4ccccc43)cc21. The van der Waals surface area contributed by atoms with E-state index in [4.69, 9.17) is 26.3 Å². The fourth-order valence-electron chi connectivity index (χ4n) is 14.0. The molecule has 18 rings (SSSR count). The predicted molar refractivity (Wildman–Crippen MR) is 321 cm³/mol. The number of nitrogens with zero attached hydrogens (tertiary/aromatic N) is 8. The summed E-state index contributed by atoms with van der Waals surface area (Å²) in [5.74, 6) is 1.41. The van der Waals surface area contributed by atoms with E-state index in [1.165, 1.54) is 21.5 Å². The minimum atomic E-state index is -1.09. The third-order valence-electron chi connectivity index (χ3n) is 17.2. The van der Waals surface area contributed by atoms with Crippen LogP contribution in [0.4, 0.5) is 5.69 Å². The zero-order valence-electron chi connectivity index (χ0n) is 42.6. The number of fused-ring (bicyclic) bond motifs is 21. The zero-order valence-corrected chi connectivity index (χ0v) is 42.6. The number of benzene rings is 9. The summed E-state index contributed by atoms with van der Waals surface area (Å²) in [4.78, 5) is 19.8. The van der Waals surface area contributed by atoms with Crippen molar-refractivity contribution in [3.8, 4) is 45.6 Å². The highest BCUT2D eigenvalue weighted by atomic mass is 16.5. The van der Waals surface area contributed by atoms with Crippen molar-refractivity contribution < 1.29 is 4.74 Å². The molecular weight excluding hydrogens is 981 g/mol. The van der Waals surface area contributed by atoms with E-state index in [0.717, 1.165) is 122 Å². The largest absolute Gasteiger partial charge is 0.452 e. The minimum Gasteiger partial charge on any atom is -0.452 e. The molecule has 1 aliphatic heterocycles. The molecule has 0 fully saturated rings. The maximum atomic E-state index is 8.04. The van der Waals surface area contributed by atoms with Gasteiger partial charge in [0.15, 0.2) is 17.2 Å². The second-order valence-corrected chi connectivity index (χ2v) is 21.0. The van der Waals surface area contributed by atoms with Gasteiger partial charge in [-0.2, -0.15) is 0 Å². The summed E-state index contributed by atoms with van der Waals surface area (Å²) in [7, 11) is 0. The molecule has 370 valence electrons. The molecular formula is C71H40N8O. The monoisotopic (exact) mass is 1020 g/mol. The van der Waals surface area contributed by atoms with Crippen molar-refractivity contribution in [2.45, 2.75) is 5.41 Å². The van der Waals surface area contributed by atoms with E-state index in [-0.39, 0.29) is 0 Å². The maximum absolute atomic E-state index is 8.04. The van der Waals surface area contributed by atoms with E-state index in [0.29, 0.717) is 17.2 Å². The molecule has 7 aromatic heterocycles. The third-order valence-corrected chi connectivity index (χ3v) is 17.2. The lowest BCUT2D eigenvalue weighted by molar-refractivity contribution is 0.433. The van der Waals surface area contributed by atoms with Crippen LogP contribution in [0.15, 0.2) is 243 Å². The maximum Gasteiger partial charge on any atom is 0.188 e. The Kier molecular flexibility index (Phi) is 8.48. The Balaban J connectivity index is 1.02. The average molecular weight is 1020 g/mol. The predicted octanol–water partition coefficient (Wildman–Crippen LogP) is 17.3. The van der Waals surface area contributed by atoms with Crippen LogP contribution in [-0.2, 0) is 5.41 Å². The highest BCUT2D eigenvalue weighted by molar-refractivity contribution is 6.13. The highest BCUT2D eigenvalue weighted by Crippen LogP contribution is 2.64. The summed E-state index contributed by atoms with van der Waals surface area (Å²) < 4.78 is 17.3. The van der Waals surface area contributed by atoms with Gasteiger partial charge < -0.3 is 23.0 Å². The molecule has 16 aromatic rings. The molecule has 0 amide bonds. The van der Waals surface area contributed by atoms with Crippen molar-refractivity contribution in [3.63, 3.8) is 0 Å². The fraction of sp³-hybridized carbons (Fsp3) is 0.0141. The van der Waals surface area contributed by atoms with E-state index in [2.05, 4.69) is 229 Å². The van der Waals surface area contributed by atoms with Gasteiger partial charge in [0.1, 0.15) is 0 Å². The second kappa shape index (κ2) is 15.8. The number of rotatable bonds is 4. The van der Waals surface area contributed by atoms with Crippen LogP contribution in [-0.4, -0.2) is 33.2 Å². The molecule has 0 unspecified atom stereocenters. The molecule has 0 bridgehead atoms. The Morgan fingerprint density at radius 3 is 1.21 bits per heavy atom. The van der Waals surface area contributed by atoms with Gasteiger partial charge in [-0.05, 0) is 84.2 Å². The Bertz CT molecular complexity index is 5130. The first-order valence-corrected chi connectivity index (χ1v) is 26.9. The third kappa shape index (κ3) is 5.45. The number of hydrogen-bond acceptors (Lipinski definition) is 4. The normalized spacial score (nSPS) is 13.2. The van der Waals surface area contributed by atoms with Gasteiger partial charge in [-0.1, -0.05) is 140 Å². The smallest absolute Gasteiger partial charge is 0.188 e. The fourth-order valence-corrected chi connectivity index (χ4v) is 14.0. The molecule has 0 saturated carbocycles. The van der Waals surface area contributed by atoms with Gasteiger partial charge in [0, 0.05) is 66.2 Å². The Labute approximate surface area is 456 Å². The average Bonchev–Trinajstić information content (AvgIpc) is 4.48. The van der Waals surface area contributed by atoms with E-state index in [9.17, 15) is 0 Å². The molecule has 0 radical (unpaired) electrons. The molecule has 1 spiro atoms. The number of para-hydroxylation sites is 8. The first kappa shape index (κ1) is 43.1. The molecule has 9 heteroatoms. The number of ether oxygens (including phenoxy) is 1. The van der Waals surface area contributed by atoms with Gasteiger partial charge in [0.2, 0.25) is 0 Å². The summed E-state index contributed by atoms with van der Waals surface area (Å²) >= 11 is 0. The van der Waals surface area contributed by atoms with Crippen LogP contribution >= 0.6 is 0 Å². The Morgan fingerprint density at radius 2 is 0.750 bits per heavy atom. The van der Waals surface area contributed by atoms with Crippen LogP contribution in [0, 0.1) is 6.57 Å². The molecule has 80 heavy (non-hydrogen) atoms. The topological polar surface area (TPSA) is 72.0 Å². The van der Waals surface area contributed by atoms with Crippen LogP contribution in [0.25, 0.3) is 126 Å². The van der Waals surface area contributed by atoms with Gasteiger partial charge in [0.05, 0.1) is 109 Å².